The number of nitrogens with zero attached hydrogens (tertiary/aromatic N) is 1. The van der Waals surface area contributed by atoms with E-state index in [1.165, 1.54) is 6.42 Å². The summed E-state index contributed by atoms with van der Waals surface area (Å²) in [6.07, 6.45) is 3.84. The predicted molar refractivity (Wildman–Crippen MR) is 79.6 cm³/mol. The third-order valence-corrected chi connectivity index (χ3v) is 4.00. The number of benzene rings is 1. The van der Waals surface area contributed by atoms with E-state index in [1.54, 1.807) is 0 Å². The molecule has 3 rings (SSSR count). The average molecular weight is 271 g/mol. The standard InChI is InChI=1S/C17H21NO2/c1-12-5-6-13-10-14(7-8-16(13)18-12)17(19)11-15-4-2-3-9-20-15/h5-8,10,15,17,19H,2-4,9,11H2,1H3. The number of aliphatic hydroxyl groups excluding tert-OH is 1. The van der Waals surface area contributed by atoms with Gasteiger partial charge in [-0.05, 0) is 49.9 Å². The van der Waals surface area contributed by atoms with Gasteiger partial charge in [-0.3, -0.25) is 4.98 Å². The Bertz CT molecular complexity index is 591. The molecule has 1 aliphatic heterocycles. The van der Waals surface area contributed by atoms with Crippen LogP contribution in [0, 0.1) is 6.92 Å². The van der Waals surface area contributed by atoms with E-state index in [4.69, 9.17) is 4.74 Å². The molecule has 20 heavy (non-hydrogen) atoms. The minimum atomic E-state index is -0.455. The Kier molecular flexibility index (Phi) is 3.99. The van der Waals surface area contributed by atoms with Crippen molar-refractivity contribution in [1.29, 1.82) is 0 Å². The van der Waals surface area contributed by atoms with Gasteiger partial charge in [-0.15, -0.1) is 0 Å². The summed E-state index contributed by atoms with van der Waals surface area (Å²) in [6, 6.07) is 10.1. The van der Waals surface area contributed by atoms with E-state index in [2.05, 4.69) is 11.1 Å². The molecule has 3 nitrogen and oxygen atoms in total. The van der Waals surface area contributed by atoms with E-state index < -0.39 is 6.10 Å². The maximum absolute atomic E-state index is 10.4. The summed E-state index contributed by atoms with van der Waals surface area (Å²) in [5, 5.41) is 11.5. The number of aromatic nitrogens is 1. The normalized spacial score (nSPS) is 21.0. The van der Waals surface area contributed by atoms with Gasteiger partial charge in [0.05, 0.1) is 17.7 Å². The SMILES string of the molecule is Cc1ccc2cc(C(O)CC3CCCCO3)ccc2n1. The van der Waals surface area contributed by atoms with E-state index in [0.717, 1.165) is 41.6 Å². The minimum Gasteiger partial charge on any atom is -0.388 e. The van der Waals surface area contributed by atoms with Gasteiger partial charge in [0.25, 0.3) is 0 Å². The van der Waals surface area contributed by atoms with Gasteiger partial charge >= 0.3 is 0 Å². The molecule has 1 fully saturated rings. The predicted octanol–water partition coefficient (Wildman–Crippen LogP) is 3.54. The van der Waals surface area contributed by atoms with Crippen LogP contribution in [-0.2, 0) is 4.74 Å². The minimum absolute atomic E-state index is 0.200. The largest absolute Gasteiger partial charge is 0.388 e. The molecule has 3 heteroatoms. The first-order valence-electron chi connectivity index (χ1n) is 7.39. The fourth-order valence-electron chi connectivity index (χ4n) is 2.83. The molecular formula is C17H21NO2. The second-order valence-electron chi connectivity index (χ2n) is 5.64. The third kappa shape index (κ3) is 3.00. The van der Waals surface area contributed by atoms with E-state index in [9.17, 15) is 5.11 Å². The van der Waals surface area contributed by atoms with Crippen molar-refractivity contribution in [3.63, 3.8) is 0 Å². The average Bonchev–Trinajstić information content (AvgIpc) is 2.47. The van der Waals surface area contributed by atoms with Crippen molar-refractivity contribution in [2.75, 3.05) is 6.61 Å². The highest BCUT2D eigenvalue weighted by atomic mass is 16.5. The zero-order chi connectivity index (χ0) is 13.9. The second kappa shape index (κ2) is 5.90. The van der Waals surface area contributed by atoms with E-state index in [0.29, 0.717) is 6.42 Å². The number of hydrogen-bond donors (Lipinski definition) is 1. The van der Waals surface area contributed by atoms with Crippen LogP contribution < -0.4 is 0 Å². The first-order valence-corrected chi connectivity index (χ1v) is 7.39. The molecule has 2 heterocycles. The molecular weight excluding hydrogens is 250 g/mol. The fraction of sp³-hybridized carbons (Fsp3) is 0.471. The number of fused-ring (bicyclic) bond motifs is 1. The highest BCUT2D eigenvalue weighted by Crippen LogP contribution is 2.26. The lowest BCUT2D eigenvalue weighted by Crippen LogP contribution is -2.21. The lowest BCUT2D eigenvalue weighted by molar-refractivity contribution is -0.0155. The Hall–Kier alpha value is -1.45. The van der Waals surface area contributed by atoms with Crippen molar-refractivity contribution in [2.24, 2.45) is 0 Å². The van der Waals surface area contributed by atoms with Crippen LogP contribution in [0.15, 0.2) is 30.3 Å². The highest BCUT2D eigenvalue weighted by Gasteiger charge is 2.19. The summed E-state index contributed by atoms with van der Waals surface area (Å²) >= 11 is 0. The monoisotopic (exact) mass is 271 g/mol. The molecule has 2 atom stereocenters. The Labute approximate surface area is 119 Å². The summed E-state index contributed by atoms with van der Waals surface area (Å²) in [5.74, 6) is 0. The summed E-state index contributed by atoms with van der Waals surface area (Å²) in [6.45, 7) is 2.82. The first-order chi connectivity index (χ1) is 9.72. The molecule has 0 bridgehead atoms. The zero-order valence-corrected chi connectivity index (χ0v) is 11.9. The van der Waals surface area contributed by atoms with Crippen molar-refractivity contribution >= 4 is 10.9 Å². The van der Waals surface area contributed by atoms with Crippen LogP contribution in [0.5, 0.6) is 0 Å². The molecule has 0 spiro atoms. The van der Waals surface area contributed by atoms with Crippen LogP contribution in [-0.4, -0.2) is 22.8 Å². The number of aliphatic hydroxyl groups is 1. The van der Waals surface area contributed by atoms with Crippen molar-refractivity contribution in [3.8, 4) is 0 Å². The number of pyridine rings is 1. The molecule has 1 aromatic carbocycles. The van der Waals surface area contributed by atoms with Crippen LogP contribution in [0.3, 0.4) is 0 Å². The second-order valence-corrected chi connectivity index (χ2v) is 5.64. The van der Waals surface area contributed by atoms with Crippen molar-refractivity contribution in [2.45, 2.75) is 44.8 Å². The third-order valence-electron chi connectivity index (χ3n) is 4.00. The van der Waals surface area contributed by atoms with Crippen LogP contribution in [0.25, 0.3) is 10.9 Å². The van der Waals surface area contributed by atoms with Crippen molar-refractivity contribution in [1.82, 2.24) is 4.98 Å². The Morgan fingerprint density at radius 2 is 2.20 bits per heavy atom. The zero-order valence-electron chi connectivity index (χ0n) is 11.9. The van der Waals surface area contributed by atoms with Gasteiger partial charge in [0.15, 0.2) is 0 Å². The Balaban J connectivity index is 1.76. The number of ether oxygens (including phenoxy) is 1. The molecule has 1 N–H and O–H groups in total. The van der Waals surface area contributed by atoms with Gasteiger partial charge in [-0.1, -0.05) is 12.1 Å². The fourth-order valence-corrected chi connectivity index (χ4v) is 2.83. The summed E-state index contributed by atoms with van der Waals surface area (Å²) in [5.41, 5.74) is 2.95. The van der Waals surface area contributed by atoms with Gasteiger partial charge in [-0.25, -0.2) is 0 Å². The number of aryl methyl sites for hydroxylation is 1. The lowest BCUT2D eigenvalue weighted by atomic mass is 9.98. The smallest absolute Gasteiger partial charge is 0.0815 e. The Morgan fingerprint density at radius 1 is 1.30 bits per heavy atom. The molecule has 1 aliphatic rings. The van der Waals surface area contributed by atoms with E-state index >= 15 is 0 Å². The van der Waals surface area contributed by atoms with Gasteiger partial charge in [-0.2, -0.15) is 0 Å². The van der Waals surface area contributed by atoms with Gasteiger partial charge in [0, 0.05) is 24.1 Å². The van der Waals surface area contributed by atoms with Crippen LogP contribution >= 0.6 is 0 Å². The van der Waals surface area contributed by atoms with Crippen LogP contribution in [0.2, 0.25) is 0 Å². The molecule has 0 saturated carbocycles. The topological polar surface area (TPSA) is 42.4 Å². The number of rotatable bonds is 3. The number of hydrogen-bond acceptors (Lipinski definition) is 3. The summed E-state index contributed by atoms with van der Waals surface area (Å²) in [7, 11) is 0. The highest BCUT2D eigenvalue weighted by molar-refractivity contribution is 5.79. The van der Waals surface area contributed by atoms with E-state index in [1.807, 2.05) is 31.2 Å². The molecule has 0 amide bonds. The maximum Gasteiger partial charge on any atom is 0.0815 e. The van der Waals surface area contributed by atoms with Gasteiger partial charge in [0.2, 0.25) is 0 Å². The molecule has 106 valence electrons. The van der Waals surface area contributed by atoms with Crippen molar-refractivity contribution < 1.29 is 9.84 Å². The molecule has 1 saturated heterocycles. The molecule has 0 aliphatic carbocycles. The molecule has 1 aromatic heterocycles. The first kappa shape index (κ1) is 13.5. The van der Waals surface area contributed by atoms with Crippen LogP contribution in [0.1, 0.15) is 43.0 Å². The van der Waals surface area contributed by atoms with Crippen LogP contribution in [0.4, 0.5) is 0 Å². The Morgan fingerprint density at radius 3 is 3.00 bits per heavy atom. The van der Waals surface area contributed by atoms with E-state index in [-0.39, 0.29) is 6.10 Å². The maximum atomic E-state index is 10.4. The molecule has 2 unspecified atom stereocenters. The quantitative estimate of drug-likeness (QED) is 0.928. The van der Waals surface area contributed by atoms with Gasteiger partial charge < -0.3 is 9.84 Å². The van der Waals surface area contributed by atoms with Gasteiger partial charge in [0.1, 0.15) is 0 Å². The molecule has 2 aromatic rings. The summed E-state index contributed by atoms with van der Waals surface area (Å²) < 4.78 is 5.70. The van der Waals surface area contributed by atoms with Crippen molar-refractivity contribution in [3.05, 3.63) is 41.6 Å². The molecule has 0 radical (unpaired) electrons. The summed E-state index contributed by atoms with van der Waals surface area (Å²) in [4.78, 5) is 4.49. The lowest BCUT2D eigenvalue weighted by Gasteiger charge is -2.25.